The van der Waals surface area contributed by atoms with Crippen LogP contribution < -0.4 is 4.72 Å². The van der Waals surface area contributed by atoms with E-state index in [1.54, 1.807) is 0 Å². The number of carbonyl (C=O) groups is 1. The maximum absolute atomic E-state index is 12.1. The zero-order chi connectivity index (χ0) is 14.4. The van der Waals surface area contributed by atoms with Crippen LogP contribution in [0.3, 0.4) is 0 Å². The molecule has 19 heavy (non-hydrogen) atoms. The molecule has 1 aliphatic rings. The van der Waals surface area contributed by atoms with Gasteiger partial charge in [-0.3, -0.25) is 0 Å². The minimum Gasteiger partial charge on any atom is -0.478 e. The molecule has 1 atom stereocenters. The first kappa shape index (κ1) is 14.7. The van der Waals surface area contributed by atoms with Crippen molar-refractivity contribution in [3.63, 3.8) is 0 Å². The standard InChI is InChI=1S/C12H14INO4S/c1-12(2)6-10(12)14-19(17,18)7-3-4-9(13)8(5-7)11(15)16/h3-5,10,14H,6H2,1-2H3,(H,15,16). The monoisotopic (exact) mass is 395 g/mol. The van der Waals surface area contributed by atoms with E-state index < -0.39 is 16.0 Å². The van der Waals surface area contributed by atoms with Crippen LogP contribution in [0.2, 0.25) is 0 Å². The van der Waals surface area contributed by atoms with Crippen LogP contribution >= 0.6 is 22.6 Å². The van der Waals surface area contributed by atoms with Gasteiger partial charge in [-0.25, -0.2) is 17.9 Å². The first-order valence-electron chi connectivity index (χ1n) is 5.69. The van der Waals surface area contributed by atoms with Crippen LogP contribution in [0, 0.1) is 8.99 Å². The fraction of sp³-hybridized carbons (Fsp3) is 0.417. The molecular formula is C12H14INO4S. The van der Waals surface area contributed by atoms with E-state index in [-0.39, 0.29) is 21.9 Å². The molecule has 1 aliphatic carbocycles. The zero-order valence-corrected chi connectivity index (χ0v) is 13.4. The second-order valence-electron chi connectivity index (χ2n) is 5.31. The Kier molecular flexibility index (Phi) is 3.65. The van der Waals surface area contributed by atoms with Crippen molar-refractivity contribution in [1.82, 2.24) is 4.72 Å². The molecule has 0 aromatic heterocycles. The van der Waals surface area contributed by atoms with Gasteiger partial charge in [0.2, 0.25) is 10.0 Å². The summed E-state index contributed by atoms with van der Waals surface area (Å²) < 4.78 is 27.4. The highest BCUT2D eigenvalue weighted by atomic mass is 127. The average molecular weight is 395 g/mol. The van der Waals surface area contributed by atoms with Crippen LogP contribution in [-0.4, -0.2) is 25.5 Å². The van der Waals surface area contributed by atoms with Crippen LogP contribution in [-0.2, 0) is 10.0 Å². The van der Waals surface area contributed by atoms with Gasteiger partial charge in [0, 0.05) is 9.61 Å². The SMILES string of the molecule is CC1(C)CC1NS(=O)(=O)c1ccc(I)c(C(=O)O)c1. The fourth-order valence-corrected chi connectivity index (χ4v) is 3.76. The number of halogens is 1. The second-order valence-corrected chi connectivity index (χ2v) is 8.19. The molecular weight excluding hydrogens is 381 g/mol. The number of carboxylic acid groups (broad SMARTS) is 1. The largest absolute Gasteiger partial charge is 0.478 e. The third kappa shape index (κ3) is 3.09. The number of benzene rings is 1. The number of sulfonamides is 1. The van der Waals surface area contributed by atoms with Crippen molar-refractivity contribution in [2.45, 2.75) is 31.2 Å². The number of hydrogen-bond donors (Lipinski definition) is 2. The molecule has 1 aromatic carbocycles. The highest BCUT2D eigenvalue weighted by Crippen LogP contribution is 2.45. The molecule has 5 nitrogen and oxygen atoms in total. The van der Waals surface area contributed by atoms with E-state index in [0.29, 0.717) is 3.57 Å². The maximum atomic E-state index is 12.1. The minimum absolute atomic E-state index is 0.00136. The smallest absolute Gasteiger partial charge is 0.336 e. The lowest BCUT2D eigenvalue weighted by atomic mass is 10.2. The summed E-state index contributed by atoms with van der Waals surface area (Å²) >= 11 is 1.87. The zero-order valence-electron chi connectivity index (χ0n) is 10.5. The molecule has 0 spiro atoms. The third-order valence-electron chi connectivity index (χ3n) is 3.29. The van der Waals surface area contributed by atoms with Crippen LogP contribution in [0.25, 0.3) is 0 Å². The molecule has 1 unspecified atom stereocenters. The first-order valence-corrected chi connectivity index (χ1v) is 8.25. The summed E-state index contributed by atoms with van der Waals surface area (Å²) in [5, 5.41) is 9.01. The normalized spacial score (nSPS) is 21.1. The molecule has 0 saturated heterocycles. The van der Waals surface area contributed by atoms with Gasteiger partial charge in [0.05, 0.1) is 10.5 Å². The van der Waals surface area contributed by atoms with Gasteiger partial charge in [-0.05, 0) is 52.6 Å². The summed E-state index contributed by atoms with van der Waals surface area (Å²) in [5.41, 5.74) is -0.0233. The van der Waals surface area contributed by atoms with E-state index in [9.17, 15) is 13.2 Å². The van der Waals surface area contributed by atoms with Gasteiger partial charge in [0.1, 0.15) is 0 Å². The van der Waals surface area contributed by atoms with Gasteiger partial charge in [0.25, 0.3) is 0 Å². The molecule has 7 heteroatoms. The lowest BCUT2D eigenvalue weighted by molar-refractivity contribution is 0.0695. The Morgan fingerprint density at radius 1 is 1.47 bits per heavy atom. The summed E-state index contributed by atoms with van der Waals surface area (Å²) in [4.78, 5) is 11.0. The van der Waals surface area contributed by atoms with Gasteiger partial charge in [-0.1, -0.05) is 13.8 Å². The molecule has 2 N–H and O–H groups in total. The Balaban J connectivity index is 2.31. The molecule has 1 fully saturated rings. The highest BCUT2D eigenvalue weighted by molar-refractivity contribution is 14.1. The van der Waals surface area contributed by atoms with Crippen LogP contribution in [0.1, 0.15) is 30.6 Å². The average Bonchev–Trinajstić information content (AvgIpc) is 2.84. The van der Waals surface area contributed by atoms with E-state index in [1.807, 2.05) is 36.4 Å². The van der Waals surface area contributed by atoms with E-state index in [4.69, 9.17) is 5.11 Å². The lowest BCUT2D eigenvalue weighted by Crippen LogP contribution is -2.28. The summed E-state index contributed by atoms with van der Waals surface area (Å²) in [6.07, 6.45) is 0.794. The number of nitrogens with one attached hydrogen (secondary N) is 1. The van der Waals surface area contributed by atoms with E-state index in [1.165, 1.54) is 18.2 Å². The number of rotatable bonds is 4. The Labute approximate surface area is 125 Å². The van der Waals surface area contributed by atoms with Crippen molar-refractivity contribution >= 4 is 38.6 Å². The van der Waals surface area contributed by atoms with Gasteiger partial charge in [-0.2, -0.15) is 0 Å². The maximum Gasteiger partial charge on any atom is 0.336 e. The summed E-state index contributed by atoms with van der Waals surface area (Å²) in [6.45, 7) is 3.97. The van der Waals surface area contributed by atoms with Gasteiger partial charge in [0.15, 0.2) is 0 Å². The predicted molar refractivity (Wildman–Crippen MR) is 78.6 cm³/mol. The topological polar surface area (TPSA) is 83.5 Å². The molecule has 0 amide bonds. The van der Waals surface area contributed by atoms with Crippen molar-refractivity contribution in [2.24, 2.45) is 5.41 Å². The molecule has 0 aliphatic heterocycles. The lowest BCUT2D eigenvalue weighted by Gasteiger charge is -2.09. The quantitative estimate of drug-likeness (QED) is 0.765. The number of carboxylic acids is 1. The predicted octanol–water partition coefficient (Wildman–Crippen LogP) is 2.07. The molecule has 0 bridgehead atoms. The van der Waals surface area contributed by atoms with Crippen LogP contribution in [0.4, 0.5) is 0 Å². The van der Waals surface area contributed by atoms with E-state index in [0.717, 1.165) is 6.42 Å². The van der Waals surface area contributed by atoms with Crippen LogP contribution in [0.5, 0.6) is 0 Å². The summed E-state index contributed by atoms with van der Waals surface area (Å²) in [5.74, 6) is -1.13. The molecule has 1 aromatic rings. The molecule has 0 heterocycles. The van der Waals surface area contributed by atoms with Crippen molar-refractivity contribution < 1.29 is 18.3 Å². The number of aromatic carboxylic acids is 1. The molecule has 2 rings (SSSR count). The van der Waals surface area contributed by atoms with E-state index >= 15 is 0 Å². The van der Waals surface area contributed by atoms with Crippen molar-refractivity contribution in [3.05, 3.63) is 27.3 Å². The van der Waals surface area contributed by atoms with Gasteiger partial charge >= 0.3 is 5.97 Å². The molecule has 0 radical (unpaired) electrons. The third-order valence-corrected chi connectivity index (χ3v) is 5.70. The highest BCUT2D eigenvalue weighted by Gasteiger charge is 2.47. The summed E-state index contributed by atoms with van der Waals surface area (Å²) in [6, 6.07) is 4.04. The molecule has 104 valence electrons. The first-order chi connectivity index (χ1) is 8.63. The Bertz CT molecular complexity index is 639. The Hall–Kier alpha value is -0.670. The van der Waals surface area contributed by atoms with Crippen LogP contribution in [0.15, 0.2) is 23.1 Å². The van der Waals surface area contributed by atoms with Crippen molar-refractivity contribution in [3.8, 4) is 0 Å². The minimum atomic E-state index is -3.66. The fourth-order valence-electron chi connectivity index (χ4n) is 1.76. The number of hydrogen-bond acceptors (Lipinski definition) is 3. The Morgan fingerprint density at radius 2 is 2.05 bits per heavy atom. The summed E-state index contributed by atoms with van der Waals surface area (Å²) in [7, 11) is -3.66. The van der Waals surface area contributed by atoms with Gasteiger partial charge in [-0.15, -0.1) is 0 Å². The van der Waals surface area contributed by atoms with Crippen molar-refractivity contribution in [1.29, 1.82) is 0 Å². The van der Waals surface area contributed by atoms with E-state index in [2.05, 4.69) is 4.72 Å². The second kappa shape index (κ2) is 4.71. The molecule has 1 saturated carbocycles. The Morgan fingerprint density at radius 3 is 2.53 bits per heavy atom. The van der Waals surface area contributed by atoms with Crippen molar-refractivity contribution in [2.75, 3.05) is 0 Å². The van der Waals surface area contributed by atoms with Gasteiger partial charge < -0.3 is 5.11 Å².